The Balaban J connectivity index is 2.40. The van der Waals surface area contributed by atoms with Gasteiger partial charge in [0.1, 0.15) is 0 Å². The first-order valence-corrected chi connectivity index (χ1v) is 6.91. The molecule has 0 aliphatic carbocycles. The van der Waals surface area contributed by atoms with Gasteiger partial charge in [-0.1, -0.05) is 6.08 Å². The molecule has 0 radical (unpaired) electrons. The van der Waals surface area contributed by atoms with Crippen molar-refractivity contribution in [3.05, 3.63) is 58.4 Å². The van der Waals surface area contributed by atoms with E-state index in [1.807, 2.05) is 18.2 Å². The molecule has 4 heteroatoms. The zero-order chi connectivity index (χ0) is 13.8. The Morgan fingerprint density at radius 3 is 2.68 bits per heavy atom. The maximum atomic E-state index is 11.2. The first-order chi connectivity index (χ1) is 9.11. The van der Waals surface area contributed by atoms with Crippen LogP contribution in [0.1, 0.15) is 23.0 Å². The normalized spacial score (nSPS) is 11.6. The van der Waals surface area contributed by atoms with E-state index in [-0.39, 0.29) is 5.78 Å². The van der Waals surface area contributed by atoms with E-state index in [0.717, 1.165) is 17.0 Å². The Labute approximate surface area is 116 Å². The summed E-state index contributed by atoms with van der Waals surface area (Å²) in [5.74, 6) is 0.0697. The minimum atomic E-state index is 0.0697. The first-order valence-electron chi connectivity index (χ1n) is 6.03. The van der Waals surface area contributed by atoms with Gasteiger partial charge in [-0.2, -0.15) is 0 Å². The number of hydrogen-bond acceptors (Lipinski definition) is 3. The van der Waals surface area contributed by atoms with Crippen molar-refractivity contribution < 1.29 is 4.79 Å². The van der Waals surface area contributed by atoms with E-state index in [1.54, 1.807) is 30.4 Å². The molecule has 0 amide bonds. The summed E-state index contributed by atoms with van der Waals surface area (Å²) in [5, 5.41) is 2.08. The zero-order valence-corrected chi connectivity index (χ0v) is 11.9. The number of allylic oxidation sites excluding steroid dienone is 1. The fourth-order valence-corrected chi connectivity index (χ4v) is 2.64. The number of aromatic nitrogens is 1. The third-order valence-corrected chi connectivity index (χ3v) is 3.78. The van der Waals surface area contributed by atoms with Gasteiger partial charge < -0.3 is 4.57 Å². The number of nitrogens with zero attached hydrogens (tertiary/aromatic N) is 2. The number of hydrogen-bond donors (Lipinski definition) is 0. The number of thiazole rings is 1. The molecular weight excluding hydrogens is 256 g/mol. The molecule has 0 fully saturated rings. The van der Waals surface area contributed by atoms with E-state index in [0.29, 0.717) is 5.56 Å². The average molecular weight is 272 g/mol. The lowest BCUT2D eigenvalue weighted by atomic mass is 10.1. The van der Waals surface area contributed by atoms with Gasteiger partial charge in [0.15, 0.2) is 10.6 Å². The standard InChI is InChI=1S/C15H16N2OS/c1-4-9-17-11(2)10-19-15(17)16-14-7-5-13(6-8-14)12(3)18/h4-8,10H,1,9H2,2-3H3. The minimum Gasteiger partial charge on any atom is -0.317 e. The van der Waals surface area contributed by atoms with E-state index in [2.05, 4.69) is 28.4 Å². The van der Waals surface area contributed by atoms with Crippen LogP contribution >= 0.6 is 11.3 Å². The third-order valence-electron chi connectivity index (χ3n) is 2.80. The summed E-state index contributed by atoms with van der Waals surface area (Å²) in [6, 6.07) is 7.34. The molecular formula is C15H16N2OS. The van der Waals surface area contributed by atoms with Crippen molar-refractivity contribution in [1.82, 2.24) is 4.57 Å². The van der Waals surface area contributed by atoms with Crippen LogP contribution in [0.25, 0.3) is 0 Å². The number of aryl methyl sites for hydroxylation is 1. The van der Waals surface area contributed by atoms with Crippen LogP contribution in [-0.4, -0.2) is 10.4 Å². The van der Waals surface area contributed by atoms with Gasteiger partial charge in [0.2, 0.25) is 0 Å². The summed E-state index contributed by atoms with van der Waals surface area (Å²) >= 11 is 1.60. The monoisotopic (exact) mass is 272 g/mol. The Bertz CT molecular complexity index is 662. The van der Waals surface area contributed by atoms with Crippen molar-refractivity contribution in [3.8, 4) is 0 Å². The molecule has 0 aliphatic heterocycles. The van der Waals surface area contributed by atoms with Crippen LogP contribution in [0.2, 0.25) is 0 Å². The second-order valence-electron chi connectivity index (χ2n) is 4.27. The highest BCUT2D eigenvalue weighted by atomic mass is 32.1. The summed E-state index contributed by atoms with van der Waals surface area (Å²) in [5.41, 5.74) is 2.73. The quantitative estimate of drug-likeness (QED) is 0.620. The second kappa shape index (κ2) is 5.80. The highest BCUT2D eigenvalue weighted by Crippen LogP contribution is 2.13. The van der Waals surface area contributed by atoms with Gasteiger partial charge in [-0.3, -0.25) is 4.79 Å². The minimum absolute atomic E-state index is 0.0697. The molecule has 0 atom stereocenters. The number of ketones is 1. The van der Waals surface area contributed by atoms with E-state index < -0.39 is 0 Å². The van der Waals surface area contributed by atoms with Crippen molar-refractivity contribution in [1.29, 1.82) is 0 Å². The maximum absolute atomic E-state index is 11.2. The summed E-state index contributed by atoms with van der Waals surface area (Å²) in [7, 11) is 0. The van der Waals surface area contributed by atoms with Crippen molar-refractivity contribution in [2.24, 2.45) is 4.99 Å². The molecule has 1 aromatic heterocycles. The molecule has 2 aromatic rings. The fourth-order valence-electron chi connectivity index (χ4n) is 1.74. The molecule has 0 spiro atoms. The van der Waals surface area contributed by atoms with E-state index in [1.165, 1.54) is 5.69 Å². The molecule has 2 rings (SSSR count). The van der Waals surface area contributed by atoms with E-state index in [4.69, 9.17) is 0 Å². The van der Waals surface area contributed by atoms with Gasteiger partial charge in [0.25, 0.3) is 0 Å². The van der Waals surface area contributed by atoms with Gasteiger partial charge in [0.05, 0.1) is 5.69 Å². The predicted octanol–water partition coefficient (Wildman–Crippen LogP) is 3.48. The van der Waals surface area contributed by atoms with Crippen molar-refractivity contribution in [3.63, 3.8) is 0 Å². The SMILES string of the molecule is C=CCn1c(C)csc1=Nc1ccc(C(C)=O)cc1. The lowest BCUT2D eigenvalue weighted by molar-refractivity contribution is 0.101. The van der Waals surface area contributed by atoms with Gasteiger partial charge in [-0.05, 0) is 38.1 Å². The van der Waals surface area contributed by atoms with Crippen molar-refractivity contribution in [2.75, 3.05) is 0 Å². The Hall–Kier alpha value is -1.94. The highest BCUT2D eigenvalue weighted by molar-refractivity contribution is 7.07. The second-order valence-corrected chi connectivity index (χ2v) is 5.11. The number of Topliss-reactive ketones (excluding diaryl/α,β-unsaturated/α-hetero) is 1. The molecule has 0 N–H and O–H groups in total. The molecule has 1 heterocycles. The Morgan fingerprint density at radius 1 is 1.42 bits per heavy atom. The molecule has 0 saturated heterocycles. The van der Waals surface area contributed by atoms with E-state index >= 15 is 0 Å². The topological polar surface area (TPSA) is 34.4 Å². The molecule has 98 valence electrons. The number of carbonyl (C=O) groups is 1. The molecule has 1 aromatic carbocycles. The summed E-state index contributed by atoms with van der Waals surface area (Å²) in [6.45, 7) is 8.13. The molecule has 0 aliphatic rings. The van der Waals surface area contributed by atoms with Gasteiger partial charge in [0, 0.05) is 23.2 Å². The average Bonchev–Trinajstić information content (AvgIpc) is 2.73. The molecule has 19 heavy (non-hydrogen) atoms. The van der Waals surface area contributed by atoms with Crippen LogP contribution in [0.3, 0.4) is 0 Å². The fraction of sp³-hybridized carbons (Fsp3) is 0.200. The zero-order valence-electron chi connectivity index (χ0n) is 11.1. The largest absolute Gasteiger partial charge is 0.317 e. The van der Waals surface area contributed by atoms with Crippen LogP contribution in [-0.2, 0) is 6.54 Å². The smallest absolute Gasteiger partial charge is 0.190 e. The van der Waals surface area contributed by atoms with Gasteiger partial charge in [-0.15, -0.1) is 17.9 Å². The van der Waals surface area contributed by atoms with Crippen LogP contribution in [0.4, 0.5) is 5.69 Å². The van der Waals surface area contributed by atoms with Crippen LogP contribution < -0.4 is 4.80 Å². The molecule has 0 unspecified atom stereocenters. The van der Waals surface area contributed by atoms with E-state index in [9.17, 15) is 4.79 Å². The lowest BCUT2D eigenvalue weighted by Crippen LogP contribution is -2.14. The highest BCUT2D eigenvalue weighted by Gasteiger charge is 2.01. The molecule has 0 saturated carbocycles. The third kappa shape index (κ3) is 3.09. The summed E-state index contributed by atoms with van der Waals surface area (Å²) in [6.07, 6.45) is 1.86. The number of benzene rings is 1. The Morgan fingerprint density at radius 2 is 2.11 bits per heavy atom. The first kappa shape index (κ1) is 13.5. The molecule has 3 nitrogen and oxygen atoms in total. The van der Waals surface area contributed by atoms with Crippen LogP contribution in [0.5, 0.6) is 0 Å². The Kier molecular flexibility index (Phi) is 4.12. The lowest BCUT2D eigenvalue weighted by Gasteiger charge is -2.01. The molecule has 0 bridgehead atoms. The summed E-state index contributed by atoms with van der Waals surface area (Å²) < 4.78 is 2.11. The predicted molar refractivity (Wildman–Crippen MR) is 78.9 cm³/mol. The van der Waals surface area contributed by atoms with Gasteiger partial charge >= 0.3 is 0 Å². The van der Waals surface area contributed by atoms with Gasteiger partial charge in [-0.25, -0.2) is 4.99 Å². The van der Waals surface area contributed by atoms with Crippen molar-refractivity contribution in [2.45, 2.75) is 20.4 Å². The van der Waals surface area contributed by atoms with Crippen molar-refractivity contribution >= 4 is 22.8 Å². The number of rotatable bonds is 4. The number of carbonyl (C=O) groups excluding carboxylic acids is 1. The summed E-state index contributed by atoms with van der Waals surface area (Å²) in [4.78, 5) is 16.8. The van der Waals surface area contributed by atoms with Crippen LogP contribution in [0, 0.1) is 6.92 Å². The maximum Gasteiger partial charge on any atom is 0.190 e. The van der Waals surface area contributed by atoms with Crippen LogP contribution in [0.15, 0.2) is 47.3 Å².